The van der Waals surface area contributed by atoms with Gasteiger partial charge in [-0.15, -0.1) is 0 Å². The number of nitrogens with zero attached hydrogens (tertiary/aromatic N) is 1. The molecule has 1 heterocycles. The van der Waals surface area contributed by atoms with Crippen molar-refractivity contribution in [3.63, 3.8) is 0 Å². The summed E-state index contributed by atoms with van der Waals surface area (Å²) in [5, 5.41) is 0. The molecule has 3 rings (SSSR count). The van der Waals surface area contributed by atoms with Gasteiger partial charge in [-0.25, -0.2) is 0 Å². The SMILES string of the molecule is Cc1cc(C=O)ccc1N1CCC(c2ccccc2)C1. The molecule has 1 saturated heterocycles. The van der Waals surface area contributed by atoms with Crippen molar-refractivity contribution in [1.82, 2.24) is 0 Å². The van der Waals surface area contributed by atoms with Crippen molar-refractivity contribution < 1.29 is 4.79 Å². The van der Waals surface area contributed by atoms with E-state index in [9.17, 15) is 4.79 Å². The molecule has 0 saturated carbocycles. The molecule has 1 aliphatic rings. The average Bonchev–Trinajstić information content (AvgIpc) is 2.97. The van der Waals surface area contributed by atoms with E-state index in [1.54, 1.807) is 0 Å². The molecule has 20 heavy (non-hydrogen) atoms. The number of aldehydes is 1. The zero-order valence-electron chi connectivity index (χ0n) is 11.8. The Kier molecular flexibility index (Phi) is 3.55. The summed E-state index contributed by atoms with van der Waals surface area (Å²) < 4.78 is 0. The van der Waals surface area contributed by atoms with Crippen LogP contribution in [0.25, 0.3) is 0 Å². The van der Waals surface area contributed by atoms with Gasteiger partial charge in [-0.05, 0) is 42.7 Å². The van der Waals surface area contributed by atoms with Crippen molar-refractivity contribution in [3.05, 3.63) is 65.2 Å². The first-order valence-corrected chi connectivity index (χ1v) is 7.13. The predicted molar refractivity (Wildman–Crippen MR) is 82.6 cm³/mol. The molecule has 2 heteroatoms. The Balaban J connectivity index is 1.79. The number of hydrogen-bond acceptors (Lipinski definition) is 2. The van der Waals surface area contributed by atoms with Gasteiger partial charge in [0.1, 0.15) is 6.29 Å². The van der Waals surface area contributed by atoms with Gasteiger partial charge in [0, 0.05) is 30.3 Å². The van der Waals surface area contributed by atoms with Gasteiger partial charge < -0.3 is 4.90 Å². The van der Waals surface area contributed by atoms with Crippen LogP contribution in [0.2, 0.25) is 0 Å². The van der Waals surface area contributed by atoms with Gasteiger partial charge in [-0.1, -0.05) is 30.3 Å². The summed E-state index contributed by atoms with van der Waals surface area (Å²) in [5.41, 5.74) is 4.62. The van der Waals surface area contributed by atoms with E-state index in [1.807, 2.05) is 12.1 Å². The third kappa shape index (κ3) is 2.46. The Morgan fingerprint density at radius 1 is 1.15 bits per heavy atom. The van der Waals surface area contributed by atoms with E-state index < -0.39 is 0 Å². The van der Waals surface area contributed by atoms with Crippen LogP contribution in [0.5, 0.6) is 0 Å². The Morgan fingerprint density at radius 3 is 2.65 bits per heavy atom. The van der Waals surface area contributed by atoms with Crippen LogP contribution < -0.4 is 4.90 Å². The van der Waals surface area contributed by atoms with E-state index in [4.69, 9.17) is 0 Å². The standard InChI is InChI=1S/C18H19NO/c1-14-11-15(13-20)7-8-18(14)19-10-9-17(12-19)16-5-3-2-4-6-16/h2-8,11,13,17H,9-10,12H2,1H3. The Hall–Kier alpha value is -2.09. The predicted octanol–water partition coefficient (Wildman–Crippen LogP) is 3.80. The van der Waals surface area contributed by atoms with Crippen LogP contribution in [0, 0.1) is 6.92 Å². The number of aryl methyl sites for hydroxylation is 1. The van der Waals surface area contributed by atoms with Crippen molar-refractivity contribution in [2.45, 2.75) is 19.3 Å². The summed E-state index contributed by atoms with van der Waals surface area (Å²) in [5.74, 6) is 0.612. The fourth-order valence-corrected chi connectivity index (χ4v) is 3.08. The minimum atomic E-state index is 0.612. The van der Waals surface area contributed by atoms with Gasteiger partial charge in [0.2, 0.25) is 0 Å². The average molecular weight is 265 g/mol. The highest BCUT2D eigenvalue weighted by molar-refractivity contribution is 5.77. The minimum Gasteiger partial charge on any atom is -0.371 e. The fourth-order valence-electron chi connectivity index (χ4n) is 3.08. The molecule has 102 valence electrons. The van der Waals surface area contributed by atoms with Crippen LogP contribution in [0.3, 0.4) is 0 Å². The van der Waals surface area contributed by atoms with Crippen molar-refractivity contribution in [2.24, 2.45) is 0 Å². The molecule has 0 bridgehead atoms. The largest absolute Gasteiger partial charge is 0.371 e. The zero-order chi connectivity index (χ0) is 13.9. The van der Waals surface area contributed by atoms with Gasteiger partial charge in [0.25, 0.3) is 0 Å². The lowest BCUT2D eigenvalue weighted by atomic mass is 9.99. The molecule has 1 unspecified atom stereocenters. The van der Waals surface area contributed by atoms with E-state index in [-0.39, 0.29) is 0 Å². The Morgan fingerprint density at radius 2 is 1.95 bits per heavy atom. The molecule has 0 N–H and O–H groups in total. The van der Waals surface area contributed by atoms with E-state index in [0.717, 1.165) is 24.9 Å². The molecule has 1 atom stereocenters. The second-order valence-electron chi connectivity index (χ2n) is 5.51. The minimum absolute atomic E-state index is 0.612. The molecule has 0 spiro atoms. The number of carbonyl (C=O) groups excluding carboxylic acids is 1. The summed E-state index contributed by atoms with van der Waals surface area (Å²) in [6.45, 7) is 4.23. The Labute approximate surface area is 120 Å². The van der Waals surface area contributed by atoms with E-state index in [0.29, 0.717) is 5.92 Å². The third-order valence-corrected chi connectivity index (χ3v) is 4.16. The summed E-state index contributed by atoms with van der Waals surface area (Å²) in [4.78, 5) is 13.2. The molecule has 1 aliphatic heterocycles. The second kappa shape index (κ2) is 5.49. The highest BCUT2D eigenvalue weighted by Crippen LogP contribution is 2.32. The van der Waals surface area contributed by atoms with Gasteiger partial charge >= 0.3 is 0 Å². The zero-order valence-corrected chi connectivity index (χ0v) is 11.8. The highest BCUT2D eigenvalue weighted by atomic mass is 16.1. The lowest BCUT2D eigenvalue weighted by Gasteiger charge is -2.21. The number of benzene rings is 2. The maximum atomic E-state index is 10.8. The topological polar surface area (TPSA) is 20.3 Å². The fraction of sp³-hybridized carbons (Fsp3) is 0.278. The maximum Gasteiger partial charge on any atom is 0.150 e. The molecule has 0 aliphatic carbocycles. The smallest absolute Gasteiger partial charge is 0.150 e. The van der Waals surface area contributed by atoms with Crippen molar-refractivity contribution >= 4 is 12.0 Å². The van der Waals surface area contributed by atoms with Crippen LogP contribution in [0.15, 0.2) is 48.5 Å². The monoisotopic (exact) mass is 265 g/mol. The molecule has 2 aromatic rings. The molecule has 2 aromatic carbocycles. The quantitative estimate of drug-likeness (QED) is 0.787. The van der Waals surface area contributed by atoms with Crippen molar-refractivity contribution in [1.29, 1.82) is 0 Å². The van der Waals surface area contributed by atoms with Gasteiger partial charge in [-0.2, -0.15) is 0 Å². The first-order valence-electron chi connectivity index (χ1n) is 7.13. The van der Waals surface area contributed by atoms with Crippen LogP contribution in [0.4, 0.5) is 5.69 Å². The van der Waals surface area contributed by atoms with E-state index in [2.05, 4.69) is 48.2 Å². The molecule has 0 amide bonds. The second-order valence-corrected chi connectivity index (χ2v) is 5.51. The first-order chi connectivity index (χ1) is 9.78. The first kappa shape index (κ1) is 12.9. The molecule has 0 aromatic heterocycles. The number of hydrogen-bond donors (Lipinski definition) is 0. The molecular formula is C18H19NO. The van der Waals surface area contributed by atoms with Gasteiger partial charge in [-0.3, -0.25) is 4.79 Å². The summed E-state index contributed by atoms with van der Waals surface area (Å²) in [7, 11) is 0. The molecule has 2 nitrogen and oxygen atoms in total. The third-order valence-electron chi connectivity index (χ3n) is 4.16. The van der Waals surface area contributed by atoms with E-state index in [1.165, 1.54) is 23.2 Å². The van der Waals surface area contributed by atoms with Crippen molar-refractivity contribution in [2.75, 3.05) is 18.0 Å². The Bertz CT molecular complexity index is 606. The number of rotatable bonds is 3. The molecular weight excluding hydrogens is 246 g/mol. The number of carbonyl (C=O) groups is 1. The lowest BCUT2D eigenvalue weighted by Crippen LogP contribution is -2.20. The lowest BCUT2D eigenvalue weighted by molar-refractivity contribution is 0.112. The molecule has 0 radical (unpaired) electrons. The normalized spacial score (nSPS) is 18.2. The van der Waals surface area contributed by atoms with Crippen LogP contribution >= 0.6 is 0 Å². The molecule has 1 fully saturated rings. The summed E-state index contributed by atoms with van der Waals surface area (Å²) >= 11 is 0. The highest BCUT2D eigenvalue weighted by Gasteiger charge is 2.24. The maximum absolute atomic E-state index is 10.8. The van der Waals surface area contributed by atoms with Crippen LogP contribution in [-0.4, -0.2) is 19.4 Å². The van der Waals surface area contributed by atoms with Crippen LogP contribution in [0.1, 0.15) is 33.8 Å². The van der Waals surface area contributed by atoms with Gasteiger partial charge in [0.15, 0.2) is 0 Å². The van der Waals surface area contributed by atoms with Gasteiger partial charge in [0.05, 0.1) is 0 Å². The summed E-state index contributed by atoms with van der Waals surface area (Å²) in [6.07, 6.45) is 2.10. The van der Waals surface area contributed by atoms with Crippen LogP contribution in [-0.2, 0) is 0 Å². The summed E-state index contributed by atoms with van der Waals surface area (Å²) in [6, 6.07) is 16.7. The van der Waals surface area contributed by atoms with E-state index >= 15 is 0 Å². The van der Waals surface area contributed by atoms with Crippen molar-refractivity contribution in [3.8, 4) is 0 Å². The number of anilines is 1.